The first-order chi connectivity index (χ1) is 8.11. The third-order valence-corrected chi connectivity index (χ3v) is 4.19. The van der Waals surface area contributed by atoms with E-state index in [0.717, 1.165) is 18.0 Å². The van der Waals surface area contributed by atoms with E-state index < -0.39 is 0 Å². The first kappa shape index (κ1) is 12.9. The van der Waals surface area contributed by atoms with Gasteiger partial charge in [0.15, 0.2) is 0 Å². The molecular formula is C15H22ClN. The summed E-state index contributed by atoms with van der Waals surface area (Å²) in [5, 5.41) is 4.50. The summed E-state index contributed by atoms with van der Waals surface area (Å²) in [6.07, 6.45) is 5.15. The number of benzene rings is 1. The van der Waals surface area contributed by atoms with Crippen molar-refractivity contribution in [3.8, 4) is 0 Å². The minimum absolute atomic E-state index is 0.454. The molecule has 2 rings (SSSR count). The van der Waals surface area contributed by atoms with E-state index in [2.05, 4.69) is 31.3 Å². The molecule has 1 saturated carbocycles. The topological polar surface area (TPSA) is 12.0 Å². The van der Waals surface area contributed by atoms with Crippen LogP contribution in [0.5, 0.6) is 0 Å². The molecule has 2 heteroatoms. The summed E-state index contributed by atoms with van der Waals surface area (Å²) in [7, 11) is 0. The normalized spacial score (nSPS) is 18.1. The zero-order valence-electron chi connectivity index (χ0n) is 10.8. The number of nitrogens with one attached hydrogen (secondary N) is 1. The summed E-state index contributed by atoms with van der Waals surface area (Å²) < 4.78 is 0. The number of hydrogen-bond acceptors (Lipinski definition) is 1. The summed E-state index contributed by atoms with van der Waals surface area (Å²) in [6, 6.07) is 8.82. The second-order valence-corrected chi connectivity index (χ2v) is 6.06. The highest BCUT2D eigenvalue weighted by Crippen LogP contribution is 2.44. The van der Waals surface area contributed by atoms with E-state index in [9.17, 15) is 0 Å². The van der Waals surface area contributed by atoms with E-state index in [1.54, 1.807) is 0 Å². The van der Waals surface area contributed by atoms with Crippen LogP contribution in [0.4, 0.5) is 0 Å². The Morgan fingerprint density at radius 3 is 2.53 bits per heavy atom. The quantitative estimate of drug-likeness (QED) is 0.833. The minimum atomic E-state index is 0.454. The largest absolute Gasteiger partial charge is 0.314 e. The van der Waals surface area contributed by atoms with Crippen molar-refractivity contribution in [2.75, 3.05) is 6.54 Å². The molecule has 0 heterocycles. The molecule has 1 fully saturated rings. The molecule has 0 aromatic heterocycles. The zero-order valence-corrected chi connectivity index (χ0v) is 11.6. The Bertz CT molecular complexity index is 369. The molecule has 0 saturated heterocycles. The summed E-state index contributed by atoms with van der Waals surface area (Å²) in [5.41, 5.74) is 1.76. The predicted octanol–water partition coefficient (Wildman–Crippen LogP) is 4.05. The Labute approximate surface area is 110 Å². The maximum atomic E-state index is 6.25. The van der Waals surface area contributed by atoms with Crippen molar-refractivity contribution in [2.24, 2.45) is 5.41 Å². The van der Waals surface area contributed by atoms with Crippen molar-refractivity contribution in [2.45, 2.75) is 45.6 Å². The third-order valence-electron chi connectivity index (χ3n) is 3.82. The average molecular weight is 252 g/mol. The number of hydrogen-bond donors (Lipinski definition) is 1. The van der Waals surface area contributed by atoms with Crippen LogP contribution in [-0.4, -0.2) is 12.6 Å². The van der Waals surface area contributed by atoms with E-state index in [4.69, 9.17) is 11.6 Å². The molecule has 17 heavy (non-hydrogen) atoms. The lowest BCUT2D eigenvalue weighted by atomic mass is 9.65. The van der Waals surface area contributed by atoms with E-state index in [-0.39, 0.29) is 0 Å². The van der Waals surface area contributed by atoms with Crippen molar-refractivity contribution in [1.82, 2.24) is 5.32 Å². The molecule has 94 valence electrons. The lowest BCUT2D eigenvalue weighted by molar-refractivity contribution is 0.127. The van der Waals surface area contributed by atoms with Gasteiger partial charge in [0.2, 0.25) is 0 Å². The van der Waals surface area contributed by atoms with Crippen LogP contribution in [0.25, 0.3) is 0 Å². The molecule has 0 spiro atoms. The zero-order chi connectivity index (χ0) is 12.3. The fourth-order valence-corrected chi connectivity index (χ4v) is 2.76. The Balaban J connectivity index is 2.02. The first-order valence-corrected chi connectivity index (χ1v) is 6.96. The average Bonchev–Trinajstić information content (AvgIpc) is 2.24. The summed E-state index contributed by atoms with van der Waals surface area (Å²) in [4.78, 5) is 0. The van der Waals surface area contributed by atoms with Crippen LogP contribution < -0.4 is 5.32 Å². The Morgan fingerprint density at radius 2 is 2.00 bits per heavy atom. The highest BCUT2D eigenvalue weighted by atomic mass is 35.5. The van der Waals surface area contributed by atoms with Gasteiger partial charge in [0.1, 0.15) is 0 Å². The standard InChI is InChI=1S/C15H22ClN/c1-12(2)17-11-15(8-5-9-15)10-13-6-3-4-7-14(13)16/h3-4,6-7,12,17H,5,8-11H2,1-2H3. The Hall–Kier alpha value is -0.530. The van der Waals surface area contributed by atoms with E-state index in [1.807, 2.05) is 12.1 Å². The maximum Gasteiger partial charge on any atom is 0.0438 e. The van der Waals surface area contributed by atoms with Crippen LogP contribution in [0, 0.1) is 5.41 Å². The fraction of sp³-hybridized carbons (Fsp3) is 0.600. The predicted molar refractivity (Wildman–Crippen MR) is 74.6 cm³/mol. The van der Waals surface area contributed by atoms with Crippen molar-refractivity contribution >= 4 is 11.6 Å². The van der Waals surface area contributed by atoms with Crippen LogP contribution in [0.3, 0.4) is 0 Å². The van der Waals surface area contributed by atoms with Gasteiger partial charge >= 0.3 is 0 Å². The summed E-state index contributed by atoms with van der Waals surface area (Å²) in [5.74, 6) is 0. The molecule has 0 unspecified atom stereocenters. The van der Waals surface area contributed by atoms with Gasteiger partial charge in [-0.15, -0.1) is 0 Å². The van der Waals surface area contributed by atoms with Crippen LogP contribution >= 0.6 is 11.6 Å². The van der Waals surface area contributed by atoms with Gasteiger partial charge in [0.05, 0.1) is 0 Å². The fourth-order valence-electron chi connectivity index (χ4n) is 2.56. The molecular weight excluding hydrogens is 230 g/mol. The molecule has 1 N–H and O–H groups in total. The molecule has 1 aromatic carbocycles. The molecule has 0 bridgehead atoms. The molecule has 0 atom stereocenters. The summed E-state index contributed by atoms with van der Waals surface area (Å²) >= 11 is 6.25. The molecule has 0 amide bonds. The van der Waals surface area contributed by atoms with Gasteiger partial charge in [-0.05, 0) is 36.3 Å². The van der Waals surface area contributed by atoms with Gasteiger partial charge < -0.3 is 5.32 Å². The van der Waals surface area contributed by atoms with E-state index in [1.165, 1.54) is 24.8 Å². The van der Waals surface area contributed by atoms with Gasteiger partial charge in [-0.25, -0.2) is 0 Å². The van der Waals surface area contributed by atoms with Crippen LogP contribution in [0.15, 0.2) is 24.3 Å². The SMILES string of the molecule is CC(C)NCC1(Cc2ccccc2Cl)CCC1. The van der Waals surface area contributed by atoms with Crippen LogP contribution in [0.2, 0.25) is 5.02 Å². The highest BCUT2D eigenvalue weighted by molar-refractivity contribution is 6.31. The molecule has 0 radical (unpaired) electrons. The van der Waals surface area contributed by atoms with Gasteiger partial charge in [-0.1, -0.05) is 50.1 Å². The van der Waals surface area contributed by atoms with Crippen LogP contribution in [0.1, 0.15) is 38.7 Å². The Kier molecular flexibility index (Phi) is 4.11. The van der Waals surface area contributed by atoms with E-state index >= 15 is 0 Å². The van der Waals surface area contributed by atoms with Crippen molar-refractivity contribution in [3.63, 3.8) is 0 Å². The first-order valence-electron chi connectivity index (χ1n) is 6.58. The van der Waals surface area contributed by atoms with E-state index in [0.29, 0.717) is 11.5 Å². The Morgan fingerprint density at radius 1 is 1.29 bits per heavy atom. The maximum absolute atomic E-state index is 6.25. The van der Waals surface area contributed by atoms with Gasteiger partial charge in [0, 0.05) is 17.6 Å². The van der Waals surface area contributed by atoms with Crippen LogP contribution in [-0.2, 0) is 6.42 Å². The molecule has 0 aliphatic heterocycles. The monoisotopic (exact) mass is 251 g/mol. The highest BCUT2D eigenvalue weighted by Gasteiger charge is 2.37. The van der Waals surface area contributed by atoms with Gasteiger partial charge in [0.25, 0.3) is 0 Å². The molecule has 1 nitrogen and oxygen atoms in total. The lowest BCUT2D eigenvalue weighted by Crippen LogP contribution is -2.43. The second-order valence-electron chi connectivity index (χ2n) is 5.66. The number of rotatable bonds is 5. The van der Waals surface area contributed by atoms with Crippen molar-refractivity contribution in [1.29, 1.82) is 0 Å². The molecule has 1 aliphatic rings. The van der Waals surface area contributed by atoms with Crippen molar-refractivity contribution in [3.05, 3.63) is 34.9 Å². The van der Waals surface area contributed by atoms with Crippen molar-refractivity contribution < 1.29 is 0 Å². The van der Waals surface area contributed by atoms with Gasteiger partial charge in [-0.2, -0.15) is 0 Å². The minimum Gasteiger partial charge on any atom is -0.314 e. The lowest BCUT2D eigenvalue weighted by Gasteiger charge is -2.43. The second kappa shape index (κ2) is 5.41. The molecule has 1 aliphatic carbocycles. The van der Waals surface area contributed by atoms with Gasteiger partial charge in [-0.3, -0.25) is 0 Å². The third kappa shape index (κ3) is 3.23. The summed E-state index contributed by atoms with van der Waals surface area (Å²) in [6.45, 7) is 5.54. The molecule has 1 aromatic rings. The smallest absolute Gasteiger partial charge is 0.0438 e. The number of halogens is 1.